The van der Waals surface area contributed by atoms with Crippen molar-refractivity contribution in [2.45, 2.75) is 46.2 Å². The third kappa shape index (κ3) is 5.77. The number of amides is 2. The summed E-state index contributed by atoms with van der Waals surface area (Å²) in [6.45, 7) is 6.56. The zero-order chi connectivity index (χ0) is 26.5. The summed E-state index contributed by atoms with van der Waals surface area (Å²) >= 11 is 0. The van der Waals surface area contributed by atoms with Crippen LogP contribution in [0.1, 0.15) is 59.9 Å². The molecule has 1 aliphatic heterocycles. The van der Waals surface area contributed by atoms with Crippen molar-refractivity contribution in [3.05, 3.63) is 71.5 Å². The number of hydrogen-bond donors (Lipinski definition) is 2. The summed E-state index contributed by atoms with van der Waals surface area (Å²) in [6.07, 6.45) is 5.00. The van der Waals surface area contributed by atoms with Crippen molar-refractivity contribution in [2.75, 3.05) is 11.9 Å². The summed E-state index contributed by atoms with van der Waals surface area (Å²) in [6, 6.07) is 11.4. The zero-order valence-corrected chi connectivity index (χ0v) is 21.1. The van der Waals surface area contributed by atoms with Crippen LogP contribution in [-0.2, 0) is 11.3 Å². The highest BCUT2D eigenvalue weighted by molar-refractivity contribution is 6.04. The van der Waals surface area contributed by atoms with Crippen LogP contribution in [0, 0.1) is 5.92 Å². The molecular weight excluding hydrogens is 472 g/mol. The molecule has 4 rings (SSSR count). The van der Waals surface area contributed by atoms with Gasteiger partial charge in [0.2, 0.25) is 0 Å². The Balaban J connectivity index is 1.43. The first-order chi connectivity index (χ1) is 17.8. The van der Waals surface area contributed by atoms with Gasteiger partial charge in [-0.3, -0.25) is 14.6 Å². The molecule has 0 unspecified atom stereocenters. The number of carbonyl (C=O) groups is 3. The Bertz CT molecular complexity index is 1290. The number of nitrogens with zero attached hydrogens (tertiary/aromatic N) is 3. The predicted octanol–water partition coefficient (Wildman–Crippen LogP) is 4.64. The van der Waals surface area contributed by atoms with Crippen LogP contribution in [0.15, 0.2) is 54.9 Å². The number of aromatic nitrogens is 2. The van der Waals surface area contributed by atoms with Crippen molar-refractivity contribution in [1.29, 1.82) is 0 Å². The smallest absolute Gasteiger partial charge is 0.326 e. The lowest BCUT2D eigenvalue weighted by molar-refractivity contribution is -0.144. The molecule has 37 heavy (non-hydrogen) atoms. The molecule has 0 fully saturated rings. The van der Waals surface area contributed by atoms with Crippen LogP contribution in [0.4, 0.5) is 5.82 Å². The lowest BCUT2D eigenvalue weighted by atomic mass is 10.0. The van der Waals surface area contributed by atoms with Crippen LogP contribution in [0.3, 0.4) is 0 Å². The number of ether oxygens (including phenoxy) is 1. The number of hydrogen-bond acceptors (Lipinski definition) is 6. The van der Waals surface area contributed by atoms with E-state index >= 15 is 0 Å². The van der Waals surface area contributed by atoms with E-state index in [1.807, 2.05) is 12.1 Å². The fraction of sp³-hybridized carbons (Fsp3) is 0.321. The van der Waals surface area contributed by atoms with Gasteiger partial charge in [-0.2, -0.15) is 0 Å². The molecule has 0 aliphatic carbocycles. The van der Waals surface area contributed by atoms with Gasteiger partial charge in [0.25, 0.3) is 11.8 Å². The molecule has 9 nitrogen and oxygen atoms in total. The fourth-order valence-electron chi connectivity index (χ4n) is 4.25. The second-order valence-corrected chi connectivity index (χ2v) is 9.30. The second kappa shape index (κ2) is 11.2. The van der Waals surface area contributed by atoms with Gasteiger partial charge >= 0.3 is 5.97 Å². The molecule has 2 aromatic carbocycles. The minimum atomic E-state index is -1.02. The summed E-state index contributed by atoms with van der Waals surface area (Å²) < 4.78 is 5.62. The van der Waals surface area contributed by atoms with Gasteiger partial charge in [-0.25, -0.2) is 9.78 Å². The zero-order valence-electron chi connectivity index (χ0n) is 21.1. The number of benzene rings is 2. The number of carboxylic acids is 1. The Morgan fingerprint density at radius 2 is 1.86 bits per heavy atom. The maximum Gasteiger partial charge on any atom is 0.326 e. The molecule has 2 heterocycles. The maximum atomic E-state index is 13.0. The monoisotopic (exact) mass is 502 g/mol. The van der Waals surface area contributed by atoms with E-state index in [0.29, 0.717) is 40.6 Å². The molecular formula is C28H30N4O5. The molecule has 0 saturated carbocycles. The Morgan fingerprint density at radius 3 is 2.49 bits per heavy atom. The molecule has 1 atom stereocenters. The van der Waals surface area contributed by atoms with Gasteiger partial charge in [-0.15, -0.1) is 0 Å². The molecule has 0 spiro atoms. The highest BCUT2D eigenvalue weighted by atomic mass is 16.5. The van der Waals surface area contributed by atoms with E-state index in [1.165, 1.54) is 17.3 Å². The van der Waals surface area contributed by atoms with Gasteiger partial charge in [0.15, 0.2) is 5.82 Å². The normalized spacial score (nSPS) is 13.4. The molecule has 1 aliphatic rings. The van der Waals surface area contributed by atoms with Crippen LogP contribution in [0.2, 0.25) is 0 Å². The van der Waals surface area contributed by atoms with Crippen molar-refractivity contribution < 1.29 is 24.2 Å². The number of rotatable bonds is 10. The van der Waals surface area contributed by atoms with Crippen LogP contribution in [-0.4, -0.2) is 50.4 Å². The molecule has 2 N–H and O–H groups in total. The van der Waals surface area contributed by atoms with E-state index < -0.39 is 12.0 Å². The lowest BCUT2D eigenvalue weighted by Gasteiger charge is -2.27. The first-order valence-electron chi connectivity index (χ1n) is 12.3. The van der Waals surface area contributed by atoms with Crippen LogP contribution >= 0.6 is 0 Å². The lowest BCUT2D eigenvalue weighted by Crippen LogP contribution is -2.44. The van der Waals surface area contributed by atoms with Crippen molar-refractivity contribution in [2.24, 2.45) is 5.92 Å². The van der Waals surface area contributed by atoms with Gasteiger partial charge in [0.1, 0.15) is 11.8 Å². The van der Waals surface area contributed by atoms with Crippen molar-refractivity contribution >= 4 is 23.6 Å². The Kier molecular flexibility index (Phi) is 7.81. The van der Waals surface area contributed by atoms with Crippen LogP contribution in [0.25, 0.3) is 11.3 Å². The Morgan fingerprint density at radius 1 is 1.11 bits per heavy atom. The number of carboxylic acid groups (broad SMARTS) is 1. The average Bonchev–Trinajstić information content (AvgIpc) is 3.19. The van der Waals surface area contributed by atoms with Gasteiger partial charge < -0.3 is 20.1 Å². The third-order valence-electron chi connectivity index (χ3n) is 6.23. The van der Waals surface area contributed by atoms with E-state index in [2.05, 4.69) is 22.2 Å². The molecule has 0 bridgehead atoms. The molecule has 9 heteroatoms. The number of nitrogens with one attached hydrogen (secondary N) is 1. The van der Waals surface area contributed by atoms with Crippen molar-refractivity contribution in [3.8, 4) is 17.0 Å². The van der Waals surface area contributed by atoms with E-state index in [-0.39, 0.29) is 24.3 Å². The average molecular weight is 503 g/mol. The predicted molar refractivity (Wildman–Crippen MR) is 138 cm³/mol. The maximum absolute atomic E-state index is 13.0. The number of carbonyl (C=O) groups excluding carboxylic acids is 2. The molecule has 0 saturated heterocycles. The Labute approximate surface area is 215 Å². The molecule has 0 radical (unpaired) electrons. The SMILES string of the molecule is CCCCOc1ccc(C(=O)Nc2cnc(-c3ccc4c(c3)C(=O)N([C@H](C(=O)O)C(C)C)C4)cn2)cc1. The van der Waals surface area contributed by atoms with Gasteiger partial charge in [-0.05, 0) is 48.2 Å². The molecule has 192 valence electrons. The number of fused-ring (bicyclic) bond motifs is 1. The van der Waals surface area contributed by atoms with E-state index in [1.54, 1.807) is 44.2 Å². The molecule has 2 amide bonds. The van der Waals surface area contributed by atoms with Gasteiger partial charge in [0, 0.05) is 23.2 Å². The summed E-state index contributed by atoms with van der Waals surface area (Å²) in [7, 11) is 0. The van der Waals surface area contributed by atoms with Crippen LogP contribution < -0.4 is 10.1 Å². The summed E-state index contributed by atoms with van der Waals surface area (Å²) in [5.41, 5.74) is 2.91. The summed E-state index contributed by atoms with van der Waals surface area (Å²) in [5, 5.41) is 12.3. The Hall–Kier alpha value is -4.27. The standard InChI is InChI=1S/C28H30N4O5/c1-4-5-12-37-21-10-8-18(9-11-21)26(33)31-24-15-29-23(14-30-24)19-6-7-20-16-32(27(34)22(20)13-19)25(17(2)3)28(35)36/h6-11,13-15,17,25H,4-5,12,16H2,1-3H3,(H,35,36)(H,30,31,33)/t25-/m0/s1. The highest BCUT2D eigenvalue weighted by Gasteiger charge is 2.38. The van der Waals surface area contributed by atoms with E-state index in [4.69, 9.17) is 4.74 Å². The van der Waals surface area contributed by atoms with Crippen LogP contribution in [0.5, 0.6) is 5.75 Å². The fourth-order valence-corrected chi connectivity index (χ4v) is 4.25. The third-order valence-corrected chi connectivity index (χ3v) is 6.23. The second-order valence-electron chi connectivity index (χ2n) is 9.30. The minimum Gasteiger partial charge on any atom is -0.494 e. The molecule has 3 aromatic rings. The topological polar surface area (TPSA) is 122 Å². The van der Waals surface area contributed by atoms with Crippen molar-refractivity contribution in [3.63, 3.8) is 0 Å². The number of unbranched alkanes of at least 4 members (excludes halogenated alkanes) is 1. The van der Waals surface area contributed by atoms with E-state index in [0.717, 1.165) is 18.4 Å². The highest BCUT2D eigenvalue weighted by Crippen LogP contribution is 2.30. The van der Waals surface area contributed by atoms with Gasteiger partial charge in [0.05, 0.1) is 24.7 Å². The molecule has 1 aromatic heterocycles. The summed E-state index contributed by atoms with van der Waals surface area (Å²) in [4.78, 5) is 47.4. The minimum absolute atomic E-state index is 0.221. The van der Waals surface area contributed by atoms with Crippen molar-refractivity contribution in [1.82, 2.24) is 14.9 Å². The number of anilines is 1. The quantitative estimate of drug-likeness (QED) is 0.387. The first kappa shape index (κ1) is 25.8. The largest absolute Gasteiger partial charge is 0.494 e. The van der Waals surface area contributed by atoms with Gasteiger partial charge in [-0.1, -0.05) is 39.3 Å². The summed E-state index contributed by atoms with van der Waals surface area (Å²) in [5.74, 6) is -0.855. The first-order valence-corrected chi connectivity index (χ1v) is 12.3. The number of aliphatic carboxylic acids is 1. The van der Waals surface area contributed by atoms with E-state index in [9.17, 15) is 19.5 Å².